The van der Waals surface area contributed by atoms with Crippen LogP contribution in [0.1, 0.15) is 28.4 Å². The molecule has 0 heterocycles. The third-order valence-corrected chi connectivity index (χ3v) is 3.48. The Labute approximate surface area is 142 Å². The van der Waals surface area contributed by atoms with Crippen LogP contribution in [0.2, 0.25) is 0 Å². The van der Waals surface area contributed by atoms with E-state index in [-0.39, 0.29) is 12.5 Å². The number of benzene rings is 2. The van der Waals surface area contributed by atoms with Crippen molar-refractivity contribution in [2.45, 2.75) is 20.1 Å². The molecule has 24 heavy (non-hydrogen) atoms. The molecule has 0 aliphatic heterocycles. The Morgan fingerprint density at radius 3 is 2.67 bits per heavy atom. The first-order valence-corrected chi connectivity index (χ1v) is 7.95. The smallest absolute Gasteiger partial charge is 0.255 e. The minimum atomic E-state index is -0.177. The molecule has 0 unspecified atom stereocenters. The number of aliphatic hydroxyl groups is 1. The fourth-order valence-corrected chi connectivity index (χ4v) is 2.46. The lowest BCUT2D eigenvalue weighted by molar-refractivity contribution is 0.102. The number of aliphatic hydroxyl groups excluding tert-OH is 1. The standard InChI is InChI=1S/C19H24N2O3/c1-4-24-18-9-8-17(11-16(18)13-22)20-19(23)15-7-5-6-14(10-15)12-21(2)3/h5-11,22H,4,12-13H2,1-3H3,(H,20,23). The topological polar surface area (TPSA) is 61.8 Å². The van der Waals surface area contributed by atoms with Gasteiger partial charge in [-0.15, -0.1) is 0 Å². The van der Waals surface area contributed by atoms with Gasteiger partial charge in [0, 0.05) is 23.4 Å². The predicted molar refractivity (Wildman–Crippen MR) is 95.3 cm³/mol. The Bertz CT molecular complexity index is 699. The minimum Gasteiger partial charge on any atom is -0.494 e. The number of anilines is 1. The molecule has 0 saturated carbocycles. The zero-order valence-corrected chi connectivity index (χ0v) is 14.4. The van der Waals surface area contributed by atoms with E-state index in [0.717, 1.165) is 12.1 Å². The van der Waals surface area contributed by atoms with Gasteiger partial charge in [-0.2, -0.15) is 0 Å². The maximum absolute atomic E-state index is 12.4. The van der Waals surface area contributed by atoms with Crippen molar-refractivity contribution in [2.75, 3.05) is 26.0 Å². The van der Waals surface area contributed by atoms with E-state index in [9.17, 15) is 9.90 Å². The van der Waals surface area contributed by atoms with Gasteiger partial charge >= 0.3 is 0 Å². The average molecular weight is 328 g/mol. The van der Waals surface area contributed by atoms with Crippen molar-refractivity contribution in [3.05, 3.63) is 59.2 Å². The monoisotopic (exact) mass is 328 g/mol. The van der Waals surface area contributed by atoms with Gasteiger partial charge in [-0.1, -0.05) is 12.1 Å². The number of amides is 1. The van der Waals surface area contributed by atoms with E-state index in [1.165, 1.54) is 0 Å². The number of carbonyl (C=O) groups is 1. The summed E-state index contributed by atoms with van der Waals surface area (Å²) in [6.07, 6.45) is 0. The fraction of sp³-hybridized carbons (Fsp3) is 0.316. The number of nitrogens with zero attached hydrogens (tertiary/aromatic N) is 1. The third-order valence-electron chi connectivity index (χ3n) is 3.48. The molecule has 5 nitrogen and oxygen atoms in total. The molecule has 0 aromatic heterocycles. The van der Waals surface area contributed by atoms with Crippen LogP contribution in [0.4, 0.5) is 5.69 Å². The highest BCUT2D eigenvalue weighted by molar-refractivity contribution is 6.04. The number of carbonyl (C=O) groups excluding carboxylic acids is 1. The second kappa shape index (κ2) is 8.47. The molecule has 0 aliphatic rings. The maximum atomic E-state index is 12.4. The molecule has 2 aromatic carbocycles. The molecule has 0 radical (unpaired) electrons. The van der Waals surface area contributed by atoms with Crippen molar-refractivity contribution in [1.29, 1.82) is 0 Å². The van der Waals surface area contributed by atoms with Gasteiger partial charge in [0.05, 0.1) is 13.2 Å². The summed E-state index contributed by atoms with van der Waals surface area (Å²) < 4.78 is 5.45. The van der Waals surface area contributed by atoms with Gasteiger partial charge < -0.3 is 20.1 Å². The van der Waals surface area contributed by atoms with Crippen LogP contribution < -0.4 is 10.1 Å². The highest BCUT2D eigenvalue weighted by atomic mass is 16.5. The van der Waals surface area contributed by atoms with Crippen LogP contribution in [0, 0.1) is 0 Å². The molecule has 128 valence electrons. The molecule has 2 rings (SSSR count). The second-order valence-corrected chi connectivity index (χ2v) is 5.81. The number of hydrogen-bond donors (Lipinski definition) is 2. The molecule has 2 aromatic rings. The molecule has 0 saturated heterocycles. The van der Waals surface area contributed by atoms with Gasteiger partial charge in [-0.3, -0.25) is 4.79 Å². The first-order chi connectivity index (χ1) is 11.5. The summed E-state index contributed by atoms with van der Waals surface area (Å²) in [4.78, 5) is 14.5. The van der Waals surface area contributed by atoms with E-state index in [4.69, 9.17) is 4.74 Å². The number of rotatable bonds is 7. The first kappa shape index (κ1) is 18.0. The van der Waals surface area contributed by atoms with Crippen LogP contribution in [0.3, 0.4) is 0 Å². The average Bonchev–Trinajstić information content (AvgIpc) is 2.56. The van der Waals surface area contributed by atoms with Crippen molar-refractivity contribution < 1.29 is 14.6 Å². The van der Waals surface area contributed by atoms with Crippen LogP contribution in [0.5, 0.6) is 5.75 Å². The Kier molecular flexibility index (Phi) is 6.35. The number of nitrogens with one attached hydrogen (secondary N) is 1. The van der Waals surface area contributed by atoms with Crippen molar-refractivity contribution in [1.82, 2.24) is 4.90 Å². The summed E-state index contributed by atoms with van der Waals surface area (Å²) in [5, 5.41) is 12.3. The lowest BCUT2D eigenvalue weighted by Gasteiger charge is -2.13. The van der Waals surface area contributed by atoms with Crippen LogP contribution in [0.15, 0.2) is 42.5 Å². The quantitative estimate of drug-likeness (QED) is 0.820. The molecule has 0 atom stereocenters. The molecular formula is C19H24N2O3. The van der Waals surface area contributed by atoms with Crippen LogP contribution in [-0.2, 0) is 13.2 Å². The van der Waals surface area contributed by atoms with Crippen molar-refractivity contribution in [2.24, 2.45) is 0 Å². The van der Waals surface area contributed by atoms with Gasteiger partial charge in [0.15, 0.2) is 0 Å². The lowest BCUT2D eigenvalue weighted by atomic mass is 10.1. The summed E-state index contributed by atoms with van der Waals surface area (Å²) >= 11 is 0. The van der Waals surface area contributed by atoms with Crippen LogP contribution in [-0.4, -0.2) is 36.6 Å². The van der Waals surface area contributed by atoms with Gasteiger partial charge in [0.1, 0.15) is 5.75 Å². The fourth-order valence-electron chi connectivity index (χ4n) is 2.46. The molecule has 2 N–H and O–H groups in total. The highest BCUT2D eigenvalue weighted by Crippen LogP contribution is 2.23. The maximum Gasteiger partial charge on any atom is 0.255 e. The zero-order chi connectivity index (χ0) is 17.5. The van der Waals surface area contributed by atoms with Gasteiger partial charge in [-0.05, 0) is 56.9 Å². The summed E-state index contributed by atoms with van der Waals surface area (Å²) in [5.41, 5.74) is 2.96. The largest absolute Gasteiger partial charge is 0.494 e. The summed E-state index contributed by atoms with van der Waals surface area (Å²) in [6, 6.07) is 12.8. The normalized spacial score (nSPS) is 10.7. The molecular weight excluding hydrogens is 304 g/mol. The van der Waals surface area contributed by atoms with Crippen molar-refractivity contribution in [3.8, 4) is 5.75 Å². The third kappa shape index (κ3) is 4.81. The summed E-state index contributed by atoms with van der Waals surface area (Å²) in [5.74, 6) is 0.453. The summed E-state index contributed by atoms with van der Waals surface area (Å²) in [6.45, 7) is 3.05. The van der Waals surface area contributed by atoms with E-state index < -0.39 is 0 Å². The van der Waals surface area contributed by atoms with E-state index in [1.807, 2.05) is 39.2 Å². The second-order valence-electron chi connectivity index (χ2n) is 5.81. The van der Waals surface area contributed by atoms with Crippen LogP contribution >= 0.6 is 0 Å². The van der Waals surface area contributed by atoms with Gasteiger partial charge in [-0.25, -0.2) is 0 Å². The first-order valence-electron chi connectivity index (χ1n) is 7.95. The Hall–Kier alpha value is -2.37. The Morgan fingerprint density at radius 2 is 2.00 bits per heavy atom. The van der Waals surface area contributed by atoms with Gasteiger partial charge in [0.25, 0.3) is 5.91 Å². The van der Waals surface area contributed by atoms with E-state index in [0.29, 0.717) is 29.2 Å². The van der Waals surface area contributed by atoms with E-state index in [1.54, 1.807) is 24.3 Å². The van der Waals surface area contributed by atoms with E-state index >= 15 is 0 Å². The summed E-state index contributed by atoms with van der Waals surface area (Å²) in [7, 11) is 3.98. The SMILES string of the molecule is CCOc1ccc(NC(=O)c2cccc(CN(C)C)c2)cc1CO. The molecule has 5 heteroatoms. The zero-order valence-electron chi connectivity index (χ0n) is 14.4. The van der Waals surface area contributed by atoms with Crippen molar-refractivity contribution in [3.63, 3.8) is 0 Å². The lowest BCUT2D eigenvalue weighted by Crippen LogP contribution is -2.14. The Morgan fingerprint density at radius 1 is 1.21 bits per heavy atom. The molecule has 0 aliphatic carbocycles. The number of ether oxygens (including phenoxy) is 1. The van der Waals surface area contributed by atoms with Crippen LogP contribution in [0.25, 0.3) is 0 Å². The number of hydrogen-bond acceptors (Lipinski definition) is 4. The highest BCUT2D eigenvalue weighted by Gasteiger charge is 2.10. The Balaban J connectivity index is 2.14. The molecule has 0 spiro atoms. The molecule has 1 amide bonds. The van der Waals surface area contributed by atoms with Gasteiger partial charge in [0.2, 0.25) is 0 Å². The van der Waals surface area contributed by atoms with Crippen molar-refractivity contribution >= 4 is 11.6 Å². The predicted octanol–water partition coefficient (Wildman–Crippen LogP) is 2.89. The van der Waals surface area contributed by atoms with E-state index in [2.05, 4.69) is 10.2 Å². The minimum absolute atomic E-state index is 0.142. The molecule has 0 fully saturated rings. The molecule has 0 bridgehead atoms.